The van der Waals surface area contributed by atoms with Crippen LogP contribution in [0.1, 0.15) is 39.5 Å². The number of likely N-dealkylation sites (tertiary alicyclic amines) is 2. The average Bonchev–Trinajstić information content (AvgIpc) is 2.72. The molecule has 0 aromatic rings. The first-order valence-electron chi connectivity index (χ1n) is 6.25. The molecule has 2 fully saturated rings. The number of rotatable bonds is 3. The van der Waals surface area contributed by atoms with Gasteiger partial charge in [-0.1, -0.05) is 0 Å². The summed E-state index contributed by atoms with van der Waals surface area (Å²) in [6, 6.07) is 1.68. The van der Waals surface area contributed by atoms with Crippen molar-refractivity contribution in [2.45, 2.75) is 51.6 Å². The molecule has 0 bridgehead atoms. The molecule has 0 spiro atoms. The van der Waals surface area contributed by atoms with Crippen LogP contribution in [0.2, 0.25) is 0 Å². The van der Waals surface area contributed by atoms with Gasteiger partial charge in [-0.05, 0) is 52.6 Å². The van der Waals surface area contributed by atoms with Gasteiger partial charge in [-0.15, -0.1) is 0 Å². The van der Waals surface area contributed by atoms with Crippen LogP contribution in [0.5, 0.6) is 0 Å². The normalized spacial score (nSPS) is 35.6. The van der Waals surface area contributed by atoms with Crippen LogP contribution < -0.4 is 0 Å². The second kappa shape index (κ2) is 4.63. The van der Waals surface area contributed by atoms with Crippen molar-refractivity contribution in [3.05, 3.63) is 0 Å². The summed E-state index contributed by atoms with van der Waals surface area (Å²) < 4.78 is 0. The second-order valence-electron chi connectivity index (χ2n) is 5.05. The van der Waals surface area contributed by atoms with Crippen molar-refractivity contribution >= 4 is 0 Å². The fourth-order valence-corrected chi connectivity index (χ4v) is 2.91. The fourth-order valence-electron chi connectivity index (χ4n) is 2.91. The smallest absolute Gasteiger partial charge is 0.0112 e. The minimum absolute atomic E-state index is 0.841. The van der Waals surface area contributed by atoms with Gasteiger partial charge in [0.15, 0.2) is 0 Å². The molecule has 2 unspecified atom stereocenters. The molecule has 0 radical (unpaired) electrons. The largest absolute Gasteiger partial charge is 0.299 e. The first-order chi connectivity index (χ1) is 6.77. The average molecular weight is 196 g/mol. The van der Waals surface area contributed by atoms with Gasteiger partial charge >= 0.3 is 0 Å². The van der Waals surface area contributed by atoms with Crippen molar-refractivity contribution in [2.24, 2.45) is 0 Å². The molecule has 0 amide bonds. The Hall–Kier alpha value is -0.0800. The summed E-state index contributed by atoms with van der Waals surface area (Å²) in [4.78, 5) is 5.32. The van der Waals surface area contributed by atoms with Crippen LogP contribution in [-0.4, -0.2) is 48.1 Å². The highest BCUT2D eigenvalue weighted by atomic mass is 15.2. The van der Waals surface area contributed by atoms with Crippen molar-refractivity contribution in [2.75, 3.05) is 26.2 Å². The maximum Gasteiger partial charge on any atom is 0.0112 e. The molecule has 2 heteroatoms. The van der Waals surface area contributed by atoms with E-state index in [4.69, 9.17) is 0 Å². The Morgan fingerprint density at radius 3 is 1.57 bits per heavy atom. The Bertz CT molecular complexity index is 161. The Morgan fingerprint density at radius 1 is 0.857 bits per heavy atom. The lowest BCUT2D eigenvalue weighted by Gasteiger charge is -2.26. The number of hydrogen-bond acceptors (Lipinski definition) is 2. The third kappa shape index (κ3) is 2.29. The summed E-state index contributed by atoms with van der Waals surface area (Å²) in [6.45, 7) is 10.0. The topological polar surface area (TPSA) is 6.48 Å². The summed E-state index contributed by atoms with van der Waals surface area (Å²) in [5, 5.41) is 0. The fraction of sp³-hybridized carbons (Fsp3) is 1.00. The Morgan fingerprint density at radius 2 is 1.29 bits per heavy atom. The van der Waals surface area contributed by atoms with Crippen LogP contribution in [0.25, 0.3) is 0 Å². The molecule has 2 rings (SSSR count). The Balaban J connectivity index is 1.71. The van der Waals surface area contributed by atoms with Crippen molar-refractivity contribution in [1.29, 1.82) is 0 Å². The van der Waals surface area contributed by atoms with Gasteiger partial charge < -0.3 is 0 Å². The molecular formula is C12H24N2. The van der Waals surface area contributed by atoms with Crippen LogP contribution in [0.3, 0.4) is 0 Å². The van der Waals surface area contributed by atoms with E-state index in [1.807, 2.05) is 0 Å². The zero-order chi connectivity index (χ0) is 9.97. The number of hydrogen-bond donors (Lipinski definition) is 0. The number of nitrogens with zero attached hydrogens (tertiary/aromatic N) is 2. The molecular weight excluding hydrogens is 172 g/mol. The van der Waals surface area contributed by atoms with Crippen LogP contribution in [-0.2, 0) is 0 Å². The summed E-state index contributed by atoms with van der Waals surface area (Å²) in [7, 11) is 0. The summed E-state index contributed by atoms with van der Waals surface area (Å²) >= 11 is 0. The van der Waals surface area contributed by atoms with Gasteiger partial charge in [0.1, 0.15) is 0 Å². The highest BCUT2D eigenvalue weighted by molar-refractivity contribution is 4.79. The van der Waals surface area contributed by atoms with E-state index in [0.717, 1.165) is 12.1 Å². The third-order valence-corrected chi connectivity index (χ3v) is 4.06. The highest BCUT2D eigenvalue weighted by Crippen LogP contribution is 2.19. The van der Waals surface area contributed by atoms with E-state index in [0.29, 0.717) is 0 Å². The predicted molar refractivity (Wildman–Crippen MR) is 60.5 cm³/mol. The maximum atomic E-state index is 2.66. The van der Waals surface area contributed by atoms with Crippen LogP contribution in [0.15, 0.2) is 0 Å². The van der Waals surface area contributed by atoms with Crippen molar-refractivity contribution in [3.63, 3.8) is 0 Å². The maximum absolute atomic E-state index is 2.66. The molecule has 0 saturated carbocycles. The third-order valence-electron chi connectivity index (χ3n) is 4.06. The molecule has 14 heavy (non-hydrogen) atoms. The van der Waals surface area contributed by atoms with E-state index in [-0.39, 0.29) is 0 Å². The van der Waals surface area contributed by atoms with E-state index in [1.165, 1.54) is 51.9 Å². The van der Waals surface area contributed by atoms with E-state index in [1.54, 1.807) is 0 Å². The van der Waals surface area contributed by atoms with Gasteiger partial charge in [-0.25, -0.2) is 0 Å². The second-order valence-corrected chi connectivity index (χ2v) is 5.05. The van der Waals surface area contributed by atoms with Gasteiger partial charge in [-0.3, -0.25) is 9.80 Å². The van der Waals surface area contributed by atoms with Gasteiger partial charge in [-0.2, -0.15) is 0 Å². The van der Waals surface area contributed by atoms with Gasteiger partial charge in [0.05, 0.1) is 0 Å². The Kier molecular flexibility index (Phi) is 3.45. The SMILES string of the molecule is CC1CCCN1CCN1CCCC1C. The zero-order valence-electron chi connectivity index (χ0n) is 9.71. The summed E-state index contributed by atoms with van der Waals surface area (Å²) in [5.74, 6) is 0. The molecule has 82 valence electrons. The standard InChI is InChI=1S/C12H24N2/c1-11-5-3-7-13(11)9-10-14-8-4-6-12(14)2/h11-12H,3-10H2,1-2H3. The lowest BCUT2D eigenvalue weighted by molar-refractivity contribution is 0.196. The zero-order valence-corrected chi connectivity index (χ0v) is 9.71. The molecule has 2 saturated heterocycles. The molecule has 0 aromatic carbocycles. The summed E-state index contributed by atoms with van der Waals surface area (Å²) in [5.41, 5.74) is 0. The van der Waals surface area contributed by atoms with E-state index in [9.17, 15) is 0 Å². The van der Waals surface area contributed by atoms with Gasteiger partial charge in [0.2, 0.25) is 0 Å². The quantitative estimate of drug-likeness (QED) is 0.681. The summed E-state index contributed by atoms with van der Waals surface area (Å²) in [6.07, 6.45) is 5.65. The van der Waals surface area contributed by atoms with E-state index < -0.39 is 0 Å². The highest BCUT2D eigenvalue weighted by Gasteiger charge is 2.23. The predicted octanol–water partition coefficient (Wildman–Crippen LogP) is 1.96. The monoisotopic (exact) mass is 196 g/mol. The van der Waals surface area contributed by atoms with Crippen LogP contribution in [0, 0.1) is 0 Å². The van der Waals surface area contributed by atoms with Gasteiger partial charge in [0, 0.05) is 25.2 Å². The van der Waals surface area contributed by atoms with Crippen LogP contribution in [0.4, 0.5) is 0 Å². The lowest BCUT2D eigenvalue weighted by atomic mass is 10.2. The van der Waals surface area contributed by atoms with Crippen molar-refractivity contribution < 1.29 is 0 Å². The van der Waals surface area contributed by atoms with Crippen molar-refractivity contribution in [1.82, 2.24) is 9.80 Å². The lowest BCUT2D eigenvalue weighted by Crippen LogP contribution is -2.38. The van der Waals surface area contributed by atoms with E-state index in [2.05, 4.69) is 23.6 Å². The molecule has 2 heterocycles. The molecule has 2 aliphatic heterocycles. The molecule has 0 aliphatic carbocycles. The van der Waals surface area contributed by atoms with Gasteiger partial charge in [0.25, 0.3) is 0 Å². The van der Waals surface area contributed by atoms with E-state index >= 15 is 0 Å². The molecule has 2 atom stereocenters. The Labute approximate surface area is 88.3 Å². The molecule has 2 aliphatic rings. The molecule has 0 N–H and O–H groups in total. The minimum atomic E-state index is 0.841. The molecule has 2 nitrogen and oxygen atoms in total. The first kappa shape index (κ1) is 10.4. The van der Waals surface area contributed by atoms with Crippen LogP contribution >= 0.6 is 0 Å². The first-order valence-corrected chi connectivity index (χ1v) is 6.25. The molecule has 0 aromatic heterocycles. The minimum Gasteiger partial charge on any atom is -0.299 e. The van der Waals surface area contributed by atoms with Crippen molar-refractivity contribution in [3.8, 4) is 0 Å².